The number of rotatable bonds is 1. The summed E-state index contributed by atoms with van der Waals surface area (Å²) in [5.74, 6) is 0.743. The van der Waals surface area contributed by atoms with Crippen LogP contribution in [0.3, 0.4) is 0 Å². The van der Waals surface area contributed by atoms with Gasteiger partial charge in [0.05, 0.1) is 0 Å². The van der Waals surface area contributed by atoms with E-state index in [1.54, 1.807) is 7.11 Å². The lowest BCUT2D eigenvalue weighted by atomic mass is 9.75. The van der Waals surface area contributed by atoms with Crippen LogP contribution in [-0.2, 0) is 9.53 Å². The number of hydrogen-bond donors (Lipinski definition) is 0. The van der Waals surface area contributed by atoms with Crippen LogP contribution in [0.5, 0.6) is 0 Å². The maximum Gasteiger partial charge on any atom is 0.168 e. The third kappa shape index (κ3) is 1.46. The molecule has 2 aliphatic rings. The summed E-state index contributed by atoms with van der Waals surface area (Å²) in [6, 6.07) is 0. The molecular weight excluding hydrogens is 164 g/mol. The van der Waals surface area contributed by atoms with E-state index in [4.69, 9.17) is 4.74 Å². The van der Waals surface area contributed by atoms with Crippen molar-refractivity contribution in [2.24, 2.45) is 11.8 Å². The zero-order valence-corrected chi connectivity index (χ0v) is 7.77. The van der Waals surface area contributed by atoms with Gasteiger partial charge in [-0.15, -0.1) is 0 Å². The van der Waals surface area contributed by atoms with Crippen molar-refractivity contribution < 1.29 is 9.53 Å². The lowest BCUT2D eigenvalue weighted by molar-refractivity contribution is -0.135. The van der Waals surface area contributed by atoms with E-state index in [2.05, 4.69) is 6.08 Å². The highest BCUT2D eigenvalue weighted by Gasteiger charge is 2.35. The molecule has 0 spiro atoms. The average molecular weight is 178 g/mol. The zero-order chi connectivity index (χ0) is 9.26. The van der Waals surface area contributed by atoms with Crippen LogP contribution < -0.4 is 0 Å². The Balaban J connectivity index is 2.16. The molecule has 0 aliphatic heterocycles. The van der Waals surface area contributed by atoms with Gasteiger partial charge in [0.1, 0.15) is 6.10 Å². The summed E-state index contributed by atoms with van der Waals surface area (Å²) >= 11 is 0. The van der Waals surface area contributed by atoms with Crippen molar-refractivity contribution in [2.45, 2.75) is 18.9 Å². The Kier molecular flexibility index (Phi) is 2.32. The Morgan fingerprint density at radius 3 is 2.85 bits per heavy atom. The molecule has 2 nitrogen and oxygen atoms in total. The quantitative estimate of drug-likeness (QED) is 0.611. The van der Waals surface area contributed by atoms with Gasteiger partial charge < -0.3 is 4.74 Å². The second-order valence-electron chi connectivity index (χ2n) is 3.66. The zero-order valence-electron chi connectivity index (χ0n) is 7.77. The number of fused-ring (bicyclic) bond motifs is 1. The fourth-order valence-corrected chi connectivity index (χ4v) is 2.17. The number of ether oxygens (including phenoxy) is 1. The molecule has 3 atom stereocenters. The van der Waals surface area contributed by atoms with E-state index in [1.807, 2.05) is 18.2 Å². The molecule has 13 heavy (non-hydrogen) atoms. The van der Waals surface area contributed by atoms with Crippen molar-refractivity contribution in [1.82, 2.24) is 0 Å². The normalized spacial score (nSPS) is 37.6. The molecular formula is C11H14O2. The van der Waals surface area contributed by atoms with E-state index in [0.29, 0.717) is 5.92 Å². The molecule has 2 heteroatoms. The number of carbonyl (C=O) groups excluding carboxylic acids is 1. The number of hydrogen-bond acceptors (Lipinski definition) is 2. The molecule has 0 bridgehead atoms. The first-order valence-electron chi connectivity index (χ1n) is 4.74. The standard InChI is InChI=1S/C11H14O2/c1-13-10-7-6-8-4-2-3-5-9(8)11(10)12/h2-5,8-10H,6-7H2,1H3. The van der Waals surface area contributed by atoms with Gasteiger partial charge in [0.15, 0.2) is 5.78 Å². The van der Waals surface area contributed by atoms with Crippen molar-refractivity contribution in [3.05, 3.63) is 24.3 Å². The van der Waals surface area contributed by atoms with Crippen LogP contribution in [0.15, 0.2) is 24.3 Å². The fourth-order valence-electron chi connectivity index (χ4n) is 2.17. The van der Waals surface area contributed by atoms with Crippen LogP contribution in [0, 0.1) is 11.8 Å². The summed E-state index contributed by atoms with van der Waals surface area (Å²) in [4.78, 5) is 11.8. The molecule has 0 aromatic heterocycles. The van der Waals surface area contributed by atoms with Crippen molar-refractivity contribution >= 4 is 5.78 Å². The summed E-state index contributed by atoms with van der Waals surface area (Å²) in [6.07, 6.45) is 9.88. The van der Waals surface area contributed by atoms with Crippen LogP contribution in [0.1, 0.15) is 12.8 Å². The smallest absolute Gasteiger partial charge is 0.168 e. The van der Waals surface area contributed by atoms with Gasteiger partial charge in [-0.1, -0.05) is 24.3 Å². The SMILES string of the molecule is COC1CCC2C=CC=CC2C1=O. The van der Waals surface area contributed by atoms with Gasteiger partial charge in [-0.05, 0) is 18.8 Å². The molecule has 0 amide bonds. The van der Waals surface area contributed by atoms with Crippen molar-refractivity contribution in [1.29, 1.82) is 0 Å². The Hall–Kier alpha value is -0.890. The Bertz CT molecular complexity index is 265. The minimum atomic E-state index is -0.169. The van der Waals surface area contributed by atoms with Crippen molar-refractivity contribution in [3.63, 3.8) is 0 Å². The third-order valence-corrected chi connectivity index (χ3v) is 2.94. The Morgan fingerprint density at radius 1 is 1.31 bits per heavy atom. The van der Waals surface area contributed by atoms with Crippen LogP contribution in [-0.4, -0.2) is 19.0 Å². The van der Waals surface area contributed by atoms with Gasteiger partial charge in [-0.3, -0.25) is 4.79 Å². The molecule has 1 fully saturated rings. The van der Waals surface area contributed by atoms with E-state index in [0.717, 1.165) is 12.8 Å². The van der Waals surface area contributed by atoms with Gasteiger partial charge in [0, 0.05) is 13.0 Å². The predicted octanol–water partition coefficient (Wildman–Crippen LogP) is 1.72. The van der Waals surface area contributed by atoms with Gasteiger partial charge in [-0.2, -0.15) is 0 Å². The molecule has 2 aliphatic carbocycles. The summed E-state index contributed by atoms with van der Waals surface area (Å²) in [7, 11) is 1.62. The number of methoxy groups -OCH3 is 1. The average Bonchev–Trinajstić information content (AvgIpc) is 2.19. The lowest BCUT2D eigenvalue weighted by Gasteiger charge is -2.32. The number of carbonyl (C=O) groups is 1. The Morgan fingerprint density at radius 2 is 2.08 bits per heavy atom. The highest BCUT2D eigenvalue weighted by molar-refractivity contribution is 5.88. The topological polar surface area (TPSA) is 26.3 Å². The molecule has 0 aromatic rings. The summed E-state index contributed by atoms with van der Waals surface area (Å²) in [5.41, 5.74) is 0. The lowest BCUT2D eigenvalue weighted by Crippen LogP contribution is -2.38. The predicted molar refractivity (Wildman–Crippen MR) is 50.3 cm³/mol. The van der Waals surface area contributed by atoms with E-state index in [1.165, 1.54) is 0 Å². The molecule has 70 valence electrons. The monoisotopic (exact) mass is 178 g/mol. The second-order valence-corrected chi connectivity index (χ2v) is 3.66. The summed E-state index contributed by atoms with van der Waals surface area (Å²) in [6.45, 7) is 0. The number of Topliss-reactive ketones (excluding diaryl/α,β-unsaturated/α-hetero) is 1. The Labute approximate surface area is 78.3 Å². The largest absolute Gasteiger partial charge is 0.374 e. The maximum atomic E-state index is 11.8. The van der Waals surface area contributed by atoms with Crippen LogP contribution in [0.4, 0.5) is 0 Å². The first-order valence-corrected chi connectivity index (χ1v) is 4.74. The summed E-state index contributed by atoms with van der Waals surface area (Å²) in [5, 5.41) is 0. The number of allylic oxidation sites excluding steroid dienone is 4. The third-order valence-electron chi connectivity index (χ3n) is 2.94. The van der Waals surface area contributed by atoms with Crippen molar-refractivity contribution in [3.8, 4) is 0 Å². The van der Waals surface area contributed by atoms with Gasteiger partial charge >= 0.3 is 0 Å². The minimum absolute atomic E-state index is 0.0729. The molecule has 0 saturated heterocycles. The highest BCUT2D eigenvalue weighted by atomic mass is 16.5. The van der Waals surface area contributed by atoms with Gasteiger partial charge in [0.25, 0.3) is 0 Å². The second kappa shape index (κ2) is 3.46. The first-order chi connectivity index (χ1) is 6.33. The molecule has 2 rings (SSSR count). The van der Waals surface area contributed by atoms with Crippen LogP contribution in [0.2, 0.25) is 0 Å². The van der Waals surface area contributed by atoms with Gasteiger partial charge in [-0.25, -0.2) is 0 Å². The molecule has 0 N–H and O–H groups in total. The van der Waals surface area contributed by atoms with Crippen LogP contribution in [0.25, 0.3) is 0 Å². The molecule has 0 aromatic carbocycles. The van der Waals surface area contributed by atoms with Crippen LogP contribution >= 0.6 is 0 Å². The van der Waals surface area contributed by atoms with Gasteiger partial charge in [0.2, 0.25) is 0 Å². The first kappa shape index (κ1) is 8.70. The fraction of sp³-hybridized carbons (Fsp3) is 0.545. The highest BCUT2D eigenvalue weighted by Crippen LogP contribution is 2.32. The van der Waals surface area contributed by atoms with E-state index < -0.39 is 0 Å². The van der Waals surface area contributed by atoms with E-state index in [-0.39, 0.29) is 17.8 Å². The number of ketones is 1. The van der Waals surface area contributed by atoms with Crippen molar-refractivity contribution in [2.75, 3.05) is 7.11 Å². The molecule has 1 saturated carbocycles. The maximum absolute atomic E-state index is 11.8. The van der Waals surface area contributed by atoms with E-state index in [9.17, 15) is 4.79 Å². The van der Waals surface area contributed by atoms with E-state index >= 15 is 0 Å². The summed E-state index contributed by atoms with van der Waals surface area (Å²) < 4.78 is 5.14. The molecule has 0 heterocycles. The molecule has 3 unspecified atom stereocenters. The molecule has 0 radical (unpaired) electrons. The minimum Gasteiger partial charge on any atom is -0.374 e.